The quantitative estimate of drug-likeness (QED) is 0.783. The summed E-state index contributed by atoms with van der Waals surface area (Å²) >= 11 is 0. The second-order valence-corrected chi connectivity index (χ2v) is 5.53. The molecule has 2 nitrogen and oxygen atoms in total. The predicted octanol–water partition coefficient (Wildman–Crippen LogP) is 4.20. The molecule has 2 rings (SSSR count). The summed E-state index contributed by atoms with van der Waals surface area (Å²) in [6, 6.07) is 16.5. The van der Waals surface area contributed by atoms with Crippen molar-refractivity contribution in [2.24, 2.45) is 0 Å². The van der Waals surface area contributed by atoms with Crippen molar-refractivity contribution in [3.8, 4) is 0 Å². The van der Waals surface area contributed by atoms with Crippen LogP contribution in [0.3, 0.4) is 0 Å². The minimum atomic E-state index is -0.320. The molecule has 0 fully saturated rings. The van der Waals surface area contributed by atoms with Crippen LogP contribution in [0, 0.1) is 5.82 Å². The Labute approximate surface area is 131 Å². The lowest BCUT2D eigenvalue weighted by Gasteiger charge is -2.29. The van der Waals surface area contributed by atoms with E-state index in [1.54, 1.807) is 18.2 Å². The van der Waals surface area contributed by atoms with Gasteiger partial charge in [0.15, 0.2) is 0 Å². The number of nitrogens with zero attached hydrogens (tertiary/aromatic N) is 1. The summed E-state index contributed by atoms with van der Waals surface area (Å²) in [6.45, 7) is 4.64. The molecular weight excluding hydrogens is 277 g/mol. The SMILES string of the molecule is CCC(C)N(Cc1ccccc1)C(=O)Cc1ccccc1F. The molecule has 1 unspecified atom stereocenters. The van der Waals surface area contributed by atoms with Crippen molar-refractivity contribution in [1.29, 1.82) is 0 Å². The van der Waals surface area contributed by atoms with Gasteiger partial charge < -0.3 is 4.90 Å². The van der Waals surface area contributed by atoms with E-state index in [-0.39, 0.29) is 24.2 Å². The number of halogens is 1. The zero-order chi connectivity index (χ0) is 15.9. The lowest BCUT2D eigenvalue weighted by Crippen LogP contribution is -2.38. The average Bonchev–Trinajstić information content (AvgIpc) is 2.55. The van der Waals surface area contributed by atoms with E-state index in [9.17, 15) is 9.18 Å². The molecule has 2 aromatic rings. The van der Waals surface area contributed by atoms with Crippen LogP contribution in [0.15, 0.2) is 54.6 Å². The summed E-state index contributed by atoms with van der Waals surface area (Å²) in [6.07, 6.45) is 0.972. The smallest absolute Gasteiger partial charge is 0.227 e. The van der Waals surface area contributed by atoms with Crippen molar-refractivity contribution in [3.63, 3.8) is 0 Å². The summed E-state index contributed by atoms with van der Waals surface area (Å²) in [7, 11) is 0. The normalized spacial score (nSPS) is 12.0. The van der Waals surface area contributed by atoms with Gasteiger partial charge in [-0.15, -0.1) is 0 Å². The first-order valence-electron chi connectivity index (χ1n) is 7.68. The third-order valence-electron chi connectivity index (χ3n) is 3.94. The number of carbonyl (C=O) groups is 1. The van der Waals surface area contributed by atoms with E-state index in [0.29, 0.717) is 12.1 Å². The maximum atomic E-state index is 13.8. The van der Waals surface area contributed by atoms with E-state index in [1.165, 1.54) is 6.07 Å². The average molecular weight is 299 g/mol. The monoisotopic (exact) mass is 299 g/mol. The van der Waals surface area contributed by atoms with Crippen molar-refractivity contribution >= 4 is 5.91 Å². The molecular formula is C19H22FNO. The summed E-state index contributed by atoms with van der Waals surface area (Å²) in [5.41, 5.74) is 1.54. The first-order chi connectivity index (χ1) is 10.6. The van der Waals surface area contributed by atoms with Crippen LogP contribution in [-0.4, -0.2) is 16.8 Å². The summed E-state index contributed by atoms with van der Waals surface area (Å²) in [5, 5.41) is 0. The second-order valence-electron chi connectivity index (χ2n) is 5.53. The fraction of sp³-hybridized carbons (Fsp3) is 0.316. The van der Waals surface area contributed by atoms with Crippen molar-refractivity contribution in [2.75, 3.05) is 0 Å². The fourth-order valence-electron chi connectivity index (χ4n) is 2.40. The maximum absolute atomic E-state index is 13.8. The molecule has 1 amide bonds. The van der Waals surface area contributed by atoms with Crippen molar-refractivity contribution < 1.29 is 9.18 Å². The van der Waals surface area contributed by atoms with Crippen LogP contribution in [0.1, 0.15) is 31.4 Å². The van der Waals surface area contributed by atoms with Crippen molar-refractivity contribution in [3.05, 3.63) is 71.5 Å². The number of benzene rings is 2. The molecule has 0 bridgehead atoms. The zero-order valence-electron chi connectivity index (χ0n) is 13.1. The molecule has 0 aromatic heterocycles. The molecule has 0 saturated carbocycles. The van der Waals surface area contributed by atoms with Crippen molar-refractivity contribution in [1.82, 2.24) is 4.90 Å². The number of rotatable bonds is 6. The number of hydrogen-bond donors (Lipinski definition) is 0. The Balaban J connectivity index is 2.15. The molecule has 0 radical (unpaired) electrons. The van der Waals surface area contributed by atoms with Crippen LogP contribution >= 0.6 is 0 Å². The van der Waals surface area contributed by atoms with Gasteiger partial charge in [-0.05, 0) is 30.5 Å². The van der Waals surface area contributed by atoms with Gasteiger partial charge in [0.1, 0.15) is 5.82 Å². The molecule has 0 aliphatic heterocycles. The van der Waals surface area contributed by atoms with Gasteiger partial charge in [-0.2, -0.15) is 0 Å². The fourth-order valence-corrected chi connectivity index (χ4v) is 2.40. The van der Waals surface area contributed by atoms with E-state index in [2.05, 4.69) is 6.92 Å². The largest absolute Gasteiger partial charge is 0.335 e. The Kier molecular flexibility index (Phi) is 5.70. The maximum Gasteiger partial charge on any atom is 0.227 e. The standard InChI is InChI=1S/C19H22FNO/c1-3-15(2)21(14-16-9-5-4-6-10-16)19(22)13-17-11-7-8-12-18(17)20/h4-12,15H,3,13-14H2,1-2H3. The highest BCUT2D eigenvalue weighted by Gasteiger charge is 2.20. The van der Waals surface area contributed by atoms with E-state index in [0.717, 1.165) is 12.0 Å². The zero-order valence-corrected chi connectivity index (χ0v) is 13.1. The minimum absolute atomic E-state index is 0.0386. The van der Waals surface area contributed by atoms with Crippen LogP contribution in [0.5, 0.6) is 0 Å². The first-order valence-corrected chi connectivity index (χ1v) is 7.68. The highest BCUT2D eigenvalue weighted by molar-refractivity contribution is 5.79. The van der Waals surface area contributed by atoms with Gasteiger partial charge >= 0.3 is 0 Å². The Morgan fingerprint density at radius 3 is 2.36 bits per heavy atom. The Bertz CT molecular complexity index is 612. The molecule has 116 valence electrons. The van der Waals surface area contributed by atoms with Gasteiger partial charge in [-0.25, -0.2) is 4.39 Å². The first kappa shape index (κ1) is 16.2. The van der Waals surface area contributed by atoms with Crippen LogP contribution in [-0.2, 0) is 17.8 Å². The Morgan fingerprint density at radius 1 is 1.09 bits per heavy atom. The topological polar surface area (TPSA) is 20.3 Å². The molecule has 0 aliphatic carbocycles. The molecule has 0 saturated heterocycles. The minimum Gasteiger partial charge on any atom is -0.335 e. The summed E-state index contributed by atoms with van der Waals surface area (Å²) < 4.78 is 13.8. The van der Waals surface area contributed by atoms with Crippen LogP contribution in [0.25, 0.3) is 0 Å². The number of amides is 1. The molecule has 0 N–H and O–H groups in total. The second kappa shape index (κ2) is 7.74. The van der Waals surface area contributed by atoms with Gasteiger partial charge in [-0.3, -0.25) is 4.79 Å². The Morgan fingerprint density at radius 2 is 1.73 bits per heavy atom. The molecule has 22 heavy (non-hydrogen) atoms. The number of hydrogen-bond acceptors (Lipinski definition) is 1. The molecule has 0 aliphatic rings. The summed E-state index contributed by atoms with van der Waals surface area (Å²) in [4.78, 5) is 14.5. The lowest BCUT2D eigenvalue weighted by atomic mass is 10.1. The van der Waals surface area contributed by atoms with Gasteiger partial charge in [-0.1, -0.05) is 55.5 Å². The van der Waals surface area contributed by atoms with E-state index in [4.69, 9.17) is 0 Å². The van der Waals surface area contributed by atoms with Crippen LogP contribution in [0.2, 0.25) is 0 Å². The van der Waals surface area contributed by atoms with Gasteiger partial charge in [0.25, 0.3) is 0 Å². The predicted molar refractivity (Wildman–Crippen MR) is 86.8 cm³/mol. The third kappa shape index (κ3) is 4.17. The third-order valence-corrected chi connectivity index (χ3v) is 3.94. The molecule has 0 heterocycles. The van der Waals surface area contributed by atoms with E-state index in [1.807, 2.05) is 42.2 Å². The van der Waals surface area contributed by atoms with Gasteiger partial charge in [0, 0.05) is 12.6 Å². The molecule has 0 spiro atoms. The highest BCUT2D eigenvalue weighted by Crippen LogP contribution is 2.15. The molecule has 1 atom stereocenters. The van der Waals surface area contributed by atoms with E-state index >= 15 is 0 Å². The van der Waals surface area contributed by atoms with Gasteiger partial charge in [0.05, 0.1) is 6.42 Å². The summed E-state index contributed by atoms with van der Waals surface area (Å²) in [5.74, 6) is -0.358. The lowest BCUT2D eigenvalue weighted by molar-refractivity contribution is -0.133. The van der Waals surface area contributed by atoms with Crippen molar-refractivity contribution in [2.45, 2.75) is 39.3 Å². The van der Waals surface area contributed by atoms with Crippen LogP contribution in [0.4, 0.5) is 4.39 Å². The molecule has 3 heteroatoms. The highest BCUT2D eigenvalue weighted by atomic mass is 19.1. The number of carbonyl (C=O) groups excluding carboxylic acids is 1. The van der Waals surface area contributed by atoms with E-state index < -0.39 is 0 Å². The molecule has 2 aromatic carbocycles. The Hall–Kier alpha value is -2.16. The van der Waals surface area contributed by atoms with Crippen LogP contribution < -0.4 is 0 Å². The van der Waals surface area contributed by atoms with Gasteiger partial charge in [0.2, 0.25) is 5.91 Å².